The molecule has 0 saturated carbocycles. The molecule has 63 valence electrons. The van der Waals surface area contributed by atoms with E-state index in [1.165, 1.54) is 7.11 Å². The first-order valence-corrected chi connectivity index (χ1v) is 3.22. The van der Waals surface area contributed by atoms with Crippen LogP contribution in [0, 0.1) is 6.92 Å². The highest BCUT2D eigenvalue weighted by Crippen LogP contribution is 1.91. The monoisotopic (exact) mass is 159 g/mol. The summed E-state index contributed by atoms with van der Waals surface area (Å²) >= 11 is 0. The standard InChI is InChI=1S/C7H11O4/c1-3-4-6(8)11-7(9)5-10-2/h1,3-5H2,2H3. The van der Waals surface area contributed by atoms with Crippen LogP contribution in [-0.2, 0) is 19.1 Å². The first kappa shape index (κ1) is 10.1. The molecule has 4 nitrogen and oxygen atoms in total. The van der Waals surface area contributed by atoms with E-state index in [0.717, 1.165) is 0 Å². The molecule has 0 saturated heterocycles. The van der Waals surface area contributed by atoms with Gasteiger partial charge in [-0.15, -0.1) is 0 Å². The maximum atomic E-state index is 10.6. The van der Waals surface area contributed by atoms with Gasteiger partial charge in [-0.3, -0.25) is 4.79 Å². The smallest absolute Gasteiger partial charge is 0.339 e. The molecule has 0 aliphatic carbocycles. The summed E-state index contributed by atoms with van der Waals surface area (Å²) in [6.07, 6.45) is 0.592. The van der Waals surface area contributed by atoms with Crippen LogP contribution in [0.1, 0.15) is 12.8 Å². The predicted molar refractivity (Wildman–Crippen MR) is 37.6 cm³/mol. The highest BCUT2D eigenvalue weighted by Gasteiger charge is 2.07. The maximum Gasteiger partial charge on any atom is 0.339 e. The van der Waals surface area contributed by atoms with Gasteiger partial charge >= 0.3 is 11.9 Å². The van der Waals surface area contributed by atoms with Crippen LogP contribution in [0.4, 0.5) is 0 Å². The normalized spacial score (nSPS) is 9.27. The summed E-state index contributed by atoms with van der Waals surface area (Å²) in [7, 11) is 1.35. The van der Waals surface area contributed by atoms with Gasteiger partial charge in [-0.25, -0.2) is 4.79 Å². The molecular weight excluding hydrogens is 148 g/mol. The number of ether oxygens (including phenoxy) is 2. The largest absolute Gasteiger partial charge is 0.391 e. The Kier molecular flexibility index (Phi) is 5.37. The summed E-state index contributed by atoms with van der Waals surface area (Å²) in [5.74, 6) is -1.21. The Morgan fingerprint density at radius 1 is 1.36 bits per heavy atom. The minimum Gasteiger partial charge on any atom is -0.391 e. The van der Waals surface area contributed by atoms with Crippen LogP contribution < -0.4 is 0 Å². The van der Waals surface area contributed by atoms with Crippen LogP contribution in [-0.4, -0.2) is 25.7 Å². The molecule has 0 fully saturated rings. The number of hydrogen-bond acceptors (Lipinski definition) is 4. The third-order valence-corrected chi connectivity index (χ3v) is 0.871. The van der Waals surface area contributed by atoms with E-state index in [2.05, 4.69) is 16.4 Å². The zero-order valence-corrected chi connectivity index (χ0v) is 6.46. The van der Waals surface area contributed by atoms with Crippen molar-refractivity contribution in [2.24, 2.45) is 0 Å². The molecule has 0 aliphatic heterocycles. The van der Waals surface area contributed by atoms with E-state index in [4.69, 9.17) is 0 Å². The molecule has 0 aliphatic rings. The molecule has 0 spiro atoms. The molecule has 1 radical (unpaired) electrons. The summed E-state index contributed by atoms with van der Waals surface area (Å²) in [5.41, 5.74) is 0. The average Bonchev–Trinajstić information content (AvgIpc) is 1.87. The Morgan fingerprint density at radius 2 is 2.00 bits per heavy atom. The van der Waals surface area contributed by atoms with Gasteiger partial charge in [0.15, 0.2) is 0 Å². The summed E-state index contributed by atoms with van der Waals surface area (Å²) in [6.45, 7) is 3.24. The van der Waals surface area contributed by atoms with Gasteiger partial charge in [0.05, 0.1) is 0 Å². The van der Waals surface area contributed by atoms with E-state index < -0.39 is 11.9 Å². The molecule has 0 unspecified atom stereocenters. The summed E-state index contributed by atoms with van der Waals surface area (Å²) in [6, 6.07) is 0. The van der Waals surface area contributed by atoms with Crippen molar-refractivity contribution in [2.45, 2.75) is 12.8 Å². The molecule has 0 aromatic carbocycles. The fourth-order valence-electron chi connectivity index (χ4n) is 0.470. The fraction of sp³-hybridized carbons (Fsp3) is 0.571. The second kappa shape index (κ2) is 5.85. The summed E-state index contributed by atoms with van der Waals surface area (Å²) in [4.78, 5) is 21.1. The number of rotatable bonds is 4. The number of carbonyl (C=O) groups excluding carboxylic acids is 2. The van der Waals surface area contributed by atoms with Crippen molar-refractivity contribution in [3.63, 3.8) is 0 Å². The quantitative estimate of drug-likeness (QED) is 0.437. The van der Waals surface area contributed by atoms with Gasteiger partial charge in [-0.05, 0) is 6.42 Å². The maximum absolute atomic E-state index is 10.6. The van der Waals surface area contributed by atoms with E-state index in [9.17, 15) is 9.59 Å². The van der Waals surface area contributed by atoms with Crippen LogP contribution >= 0.6 is 0 Å². The molecule has 0 atom stereocenters. The SMILES string of the molecule is [CH2]CCC(=O)OC(=O)COC. The van der Waals surface area contributed by atoms with Gasteiger partial charge in [-0.1, -0.05) is 6.92 Å². The van der Waals surface area contributed by atoms with Crippen LogP contribution in [0.2, 0.25) is 0 Å². The van der Waals surface area contributed by atoms with Crippen LogP contribution in [0.25, 0.3) is 0 Å². The zero-order valence-electron chi connectivity index (χ0n) is 6.46. The molecule has 0 N–H and O–H groups in total. The van der Waals surface area contributed by atoms with Crippen molar-refractivity contribution >= 4 is 11.9 Å². The Balaban J connectivity index is 3.49. The van der Waals surface area contributed by atoms with Gasteiger partial charge in [0.1, 0.15) is 6.61 Å². The lowest BCUT2D eigenvalue weighted by Crippen LogP contribution is -2.16. The number of methoxy groups -OCH3 is 1. The summed E-state index contributed by atoms with van der Waals surface area (Å²) < 4.78 is 8.73. The lowest BCUT2D eigenvalue weighted by atomic mass is 10.3. The Morgan fingerprint density at radius 3 is 2.45 bits per heavy atom. The molecule has 0 bridgehead atoms. The first-order valence-electron chi connectivity index (χ1n) is 3.22. The van der Waals surface area contributed by atoms with Crippen LogP contribution in [0.15, 0.2) is 0 Å². The van der Waals surface area contributed by atoms with Crippen molar-refractivity contribution in [1.29, 1.82) is 0 Å². The molecule has 11 heavy (non-hydrogen) atoms. The lowest BCUT2D eigenvalue weighted by molar-refractivity contribution is -0.162. The Hall–Kier alpha value is -0.900. The van der Waals surface area contributed by atoms with E-state index >= 15 is 0 Å². The van der Waals surface area contributed by atoms with Gasteiger partial charge in [0.25, 0.3) is 0 Å². The Bertz CT molecular complexity index is 125. The van der Waals surface area contributed by atoms with Gasteiger partial charge < -0.3 is 9.47 Å². The Labute approximate surface area is 65.5 Å². The minimum atomic E-state index is -0.661. The van der Waals surface area contributed by atoms with Crippen LogP contribution in [0.5, 0.6) is 0 Å². The topological polar surface area (TPSA) is 52.6 Å². The summed E-state index contributed by atoms with van der Waals surface area (Å²) in [5, 5.41) is 0. The molecule has 0 rings (SSSR count). The molecule has 4 heteroatoms. The second-order valence-electron chi connectivity index (χ2n) is 1.88. The molecular formula is C7H11O4. The average molecular weight is 159 g/mol. The van der Waals surface area contributed by atoms with Gasteiger partial charge in [0, 0.05) is 13.5 Å². The third kappa shape index (κ3) is 5.54. The third-order valence-electron chi connectivity index (χ3n) is 0.871. The molecule has 0 aromatic heterocycles. The van der Waals surface area contributed by atoms with E-state index in [0.29, 0.717) is 6.42 Å². The fourth-order valence-corrected chi connectivity index (χ4v) is 0.470. The van der Waals surface area contributed by atoms with Crippen molar-refractivity contribution < 1.29 is 19.1 Å². The van der Waals surface area contributed by atoms with Crippen molar-refractivity contribution in [3.8, 4) is 0 Å². The first-order chi connectivity index (χ1) is 5.20. The number of esters is 2. The van der Waals surface area contributed by atoms with E-state index in [1.54, 1.807) is 0 Å². The van der Waals surface area contributed by atoms with Crippen molar-refractivity contribution in [2.75, 3.05) is 13.7 Å². The lowest BCUT2D eigenvalue weighted by Gasteiger charge is -1.99. The number of hydrogen-bond donors (Lipinski definition) is 0. The molecule has 0 heterocycles. The minimum absolute atomic E-state index is 0.162. The van der Waals surface area contributed by atoms with Gasteiger partial charge in [-0.2, -0.15) is 0 Å². The van der Waals surface area contributed by atoms with E-state index in [1.807, 2.05) is 0 Å². The van der Waals surface area contributed by atoms with E-state index in [-0.39, 0.29) is 13.0 Å². The molecule has 0 amide bonds. The van der Waals surface area contributed by atoms with Crippen LogP contribution in [0.3, 0.4) is 0 Å². The molecule has 0 aromatic rings. The highest BCUT2D eigenvalue weighted by molar-refractivity contribution is 5.85. The highest BCUT2D eigenvalue weighted by atomic mass is 16.6. The van der Waals surface area contributed by atoms with Gasteiger partial charge in [0.2, 0.25) is 0 Å². The number of carbonyl (C=O) groups is 2. The van der Waals surface area contributed by atoms with Crippen molar-refractivity contribution in [1.82, 2.24) is 0 Å². The predicted octanol–water partition coefficient (Wildman–Crippen LogP) is 0.317. The van der Waals surface area contributed by atoms with Crippen molar-refractivity contribution in [3.05, 3.63) is 6.92 Å². The second-order valence-corrected chi connectivity index (χ2v) is 1.88. The zero-order chi connectivity index (χ0) is 8.69.